The predicted molar refractivity (Wildman–Crippen MR) is 104 cm³/mol. The van der Waals surface area contributed by atoms with Gasteiger partial charge in [-0.25, -0.2) is 0 Å². The van der Waals surface area contributed by atoms with Crippen LogP contribution < -0.4 is 10.6 Å². The molecule has 1 fully saturated rings. The summed E-state index contributed by atoms with van der Waals surface area (Å²) in [6.07, 6.45) is 1.19. The second-order valence-corrected chi connectivity index (χ2v) is 8.00. The van der Waals surface area contributed by atoms with Crippen LogP contribution in [0, 0.1) is 5.41 Å². The van der Waals surface area contributed by atoms with Gasteiger partial charge in [-0.2, -0.15) is 0 Å². The van der Waals surface area contributed by atoms with E-state index < -0.39 is 5.41 Å². The summed E-state index contributed by atoms with van der Waals surface area (Å²) in [5.74, 6) is -0.396. The van der Waals surface area contributed by atoms with E-state index in [1.807, 2.05) is 54.6 Å². The van der Waals surface area contributed by atoms with Gasteiger partial charge >= 0.3 is 0 Å². The van der Waals surface area contributed by atoms with Crippen molar-refractivity contribution in [3.8, 4) is 0 Å². The summed E-state index contributed by atoms with van der Waals surface area (Å²) in [6.45, 7) is 6.76. The van der Waals surface area contributed by atoms with Gasteiger partial charge in [-0.15, -0.1) is 0 Å². The molecule has 26 heavy (non-hydrogen) atoms. The number of benzene rings is 2. The van der Waals surface area contributed by atoms with E-state index in [1.54, 1.807) is 0 Å². The van der Waals surface area contributed by atoms with Crippen LogP contribution in [-0.2, 0) is 21.5 Å². The summed E-state index contributed by atoms with van der Waals surface area (Å²) in [6, 6.07) is 17.5. The molecular formula is C22H26N2O2. The van der Waals surface area contributed by atoms with E-state index in [4.69, 9.17) is 0 Å². The number of carbonyl (C=O) groups excluding carboxylic acids is 2. The van der Waals surface area contributed by atoms with Gasteiger partial charge in [0.15, 0.2) is 0 Å². The van der Waals surface area contributed by atoms with Gasteiger partial charge in [-0.05, 0) is 35.4 Å². The Bertz CT molecular complexity index is 802. The lowest BCUT2D eigenvalue weighted by Gasteiger charge is -2.24. The molecule has 2 aromatic carbocycles. The van der Waals surface area contributed by atoms with E-state index in [0.29, 0.717) is 19.4 Å². The average molecular weight is 350 g/mol. The van der Waals surface area contributed by atoms with Crippen LogP contribution in [0.4, 0.5) is 5.69 Å². The Kier molecular flexibility index (Phi) is 4.86. The molecule has 0 aliphatic heterocycles. The molecule has 2 N–H and O–H groups in total. The third-order valence-corrected chi connectivity index (χ3v) is 4.90. The zero-order valence-electron chi connectivity index (χ0n) is 15.6. The first-order valence-corrected chi connectivity index (χ1v) is 9.06. The highest BCUT2D eigenvalue weighted by molar-refractivity contribution is 6.13. The minimum absolute atomic E-state index is 0.0871. The first kappa shape index (κ1) is 18.2. The Morgan fingerprint density at radius 1 is 0.923 bits per heavy atom. The van der Waals surface area contributed by atoms with Crippen molar-refractivity contribution in [2.75, 3.05) is 5.32 Å². The third kappa shape index (κ3) is 3.79. The maximum absolute atomic E-state index is 12.9. The maximum atomic E-state index is 12.9. The van der Waals surface area contributed by atoms with Crippen molar-refractivity contribution in [2.24, 2.45) is 5.41 Å². The Balaban J connectivity index is 1.69. The number of carbonyl (C=O) groups is 2. The van der Waals surface area contributed by atoms with Crippen LogP contribution in [0.15, 0.2) is 54.6 Å². The summed E-state index contributed by atoms with van der Waals surface area (Å²) in [4.78, 5) is 25.5. The smallest absolute Gasteiger partial charge is 0.240 e. The van der Waals surface area contributed by atoms with Crippen molar-refractivity contribution in [3.63, 3.8) is 0 Å². The second-order valence-electron chi connectivity index (χ2n) is 8.00. The van der Waals surface area contributed by atoms with Gasteiger partial charge < -0.3 is 10.6 Å². The van der Waals surface area contributed by atoms with Gasteiger partial charge in [-0.1, -0.05) is 69.3 Å². The SMILES string of the molecule is CC(C)(C)c1ccccc1NC(=O)C1(C(=O)NCc2ccccc2)CC1. The maximum Gasteiger partial charge on any atom is 0.240 e. The summed E-state index contributed by atoms with van der Waals surface area (Å²) >= 11 is 0. The fourth-order valence-corrected chi connectivity index (χ4v) is 3.12. The molecule has 1 aliphatic carbocycles. The summed E-state index contributed by atoms with van der Waals surface area (Å²) in [5.41, 5.74) is 1.85. The minimum atomic E-state index is -0.931. The molecule has 0 aromatic heterocycles. The molecule has 0 unspecified atom stereocenters. The van der Waals surface area contributed by atoms with Crippen molar-refractivity contribution in [1.82, 2.24) is 5.32 Å². The van der Waals surface area contributed by atoms with Crippen LogP contribution in [0.25, 0.3) is 0 Å². The van der Waals surface area contributed by atoms with Crippen molar-refractivity contribution in [3.05, 3.63) is 65.7 Å². The number of hydrogen-bond donors (Lipinski definition) is 2. The van der Waals surface area contributed by atoms with E-state index in [9.17, 15) is 9.59 Å². The number of anilines is 1. The average Bonchev–Trinajstić information content (AvgIpc) is 3.42. The molecule has 0 atom stereocenters. The van der Waals surface area contributed by atoms with Crippen LogP contribution in [0.5, 0.6) is 0 Å². The molecular weight excluding hydrogens is 324 g/mol. The lowest BCUT2D eigenvalue weighted by molar-refractivity contribution is -0.134. The molecule has 0 radical (unpaired) electrons. The molecule has 0 saturated heterocycles. The van der Waals surface area contributed by atoms with Crippen LogP contribution in [0.3, 0.4) is 0 Å². The monoisotopic (exact) mass is 350 g/mol. The van der Waals surface area contributed by atoms with E-state index in [-0.39, 0.29) is 17.2 Å². The number of para-hydroxylation sites is 1. The standard InChI is InChI=1S/C22H26N2O2/c1-21(2,3)17-11-7-8-12-18(17)24-20(26)22(13-14-22)19(25)23-15-16-9-5-4-6-10-16/h4-12H,13-15H2,1-3H3,(H,23,25)(H,24,26). The van der Waals surface area contributed by atoms with Crippen LogP contribution >= 0.6 is 0 Å². The van der Waals surface area contributed by atoms with E-state index in [0.717, 1.165) is 16.8 Å². The number of rotatable bonds is 5. The number of amides is 2. The molecule has 0 heterocycles. The molecule has 136 valence electrons. The fourth-order valence-electron chi connectivity index (χ4n) is 3.12. The van der Waals surface area contributed by atoms with Crippen molar-refractivity contribution < 1.29 is 9.59 Å². The molecule has 0 spiro atoms. The van der Waals surface area contributed by atoms with E-state index >= 15 is 0 Å². The minimum Gasteiger partial charge on any atom is -0.351 e. The van der Waals surface area contributed by atoms with Crippen molar-refractivity contribution >= 4 is 17.5 Å². The first-order chi connectivity index (χ1) is 12.3. The Labute approximate surface area is 155 Å². The highest BCUT2D eigenvalue weighted by Gasteiger charge is 2.56. The lowest BCUT2D eigenvalue weighted by Crippen LogP contribution is -2.40. The molecule has 0 bridgehead atoms. The first-order valence-electron chi connectivity index (χ1n) is 9.06. The summed E-state index contributed by atoms with van der Waals surface area (Å²) in [5, 5.41) is 5.91. The highest BCUT2D eigenvalue weighted by atomic mass is 16.2. The zero-order valence-corrected chi connectivity index (χ0v) is 15.6. The molecule has 4 nitrogen and oxygen atoms in total. The van der Waals surface area contributed by atoms with E-state index in [1.165, 1.54) is 0 Å². The van der Waals surface area contributed by atoms with Gasteiger partial charge in [0.2, 0.25) is 11.8 Å². The Hall–Kier alpha value is -2.62. The molecule has 2 amide bonds. The molecule has 4 heteroatoms. The quantitative estimate of drug-likeness (QED) is 0.800. The lowest BCUT2D eigenvalue weighted by atomic mass is 9.85. The predicted octanol–water partition coefficient (Wildman–Crippen LogP) is 4.02. The Morgan fingerprint density at radius 3 is 2.15 bits per heavy atom. The van der Waals surface area contributed by atoms with Gasteiger partial charge in [-0.3, -0.25) is 9.59 Å². The number of hydrogen-bond acceptors (Lipinski definition) is 2. The van der Waals surface area contributed by atoms with Crippen LogP contribution in [0.2, 0.25) is 0 Å². The van der Waals surface area contributed by atoms with Crippen molar-refractivity contribution in [2.45, 2.75) is 45.6 Å². The normalized spacial score (nSPS) is 15.2. The molecule has 3 rings (SSSR count). The number of nitrogens with one attached hydrogen (secondary N) is 2. The largest absolute Gasteiger partial charge is 0.351 e. The topological polar surface area (TPSA) is 58.2 Å². The zero-order chi connectivity index (χ0) is 18.8. The van der Waals surface area contributed by atoms with Gasteiger partial charge in [0.05, 0.1) is 0 Å². The summed E-state index contributed by atoms with van der Waals surface area (Å²) < 4.78 is 0. The van der Waals surface area contributed by atoms with Gasteiger partial charge in [0.1, 0.15) is 5.41 Å². The van der Waals surface area contributed by atoms with Crippen LogP contribution in [-0.4, -0.2) is 11.8 Å². The highest BCUT2D eigenvalue weighted by Crippen LogP contribution is 2.47. The molecule has 1 saturated carbocycles. The second kappa shape index (κ2) is 6.94. The fraction of sp³-hybridized carbons (Fsp3) is 0.364. The van der Waals surface area contributed by atoms with Crippen molar-refractivity contribution in [1.29, 1.82) is 0 Å². The summed E-state index contributed by atoms with van der Waals surface area (Å²) in [7, 11) is 0. The molecule has 1 aliphatic rings. The molecule has 2 aromatic rings. The van der Waals surface area contributed by atoms with Gasteiger partial charge in [0.25, 0.3) is 0 Å². The third-order valence-electron chi connectivity index (χ3n) is 4.90. The van der Waals surface area contributed by atoms with E-state index in [2.05, 4.69) is 31.4 Å². The Morgan fingerprint density at radius 2 is 1.54 bits per heavy atom. The van der Waals surface area contributed by atoms with Crippen LogP contribution in [0.1, 0.15) is 44.7 Å². The van der Waals surface area contributed by atoms with Gasteiger partial charge in [0, 0.05) is 12.2 Å².